The molecule has 0 aliphatic carbocycles. The van der Waals surface area contributed by atoms with Crippen LogP contribution in [-0.2, 0) is 12.1 Å². The van der Waals surface area contributed by atoms with Gasteiger partial charge in [-0.3, -0.25) is 0 Å². The summed E-state index contributed by atoms with van der Waals surface area (Å²) in [7, 11) is 0. The molecule has 0 fully saturated rings. The van der Waals surface area contributed by atoms with Crippen LogP contribution in [0.1, 0.15) is 16.9 Å². The van der Waals surface area contributed by atoms with Gasteiger partial charge in [0.1, 0.15) is 5.76 Å². The Bertz CT molecular complexity index is 721. The van der Waals surface area contributed by atoms with Crippen LogP contribution in [0.2, 0.25) is 0 Å². The second-order valence-corrected chi connectivity index (χ2v) is 6.15. The van der Waals surface area contributed by atoms with E-state index < -0.39 is 5.60 Å². The lowest BCUT2D eigenvalue weighted by Gasteiger charge is -2.25. The van der Waals surface area contributed by atoms with E-state index in [0.29, 0.717) is 17.9 Å². The average Bonchev–Trinajstić information content (AvgIpc) is 3.32. The van der Waals surface area contributed by atoms with Crippen LogP contribution < -0.4 is 10.6 Å². The lowest BCUT2D eigenvalue weighted by atomic mass is 9.93. The van der Waals surface area contributed by atoms with Crippen molar-refractivity contribution < 1.29 is 14.3 Å². The third-order valence-corrected chi connectivity index (χ3v) is 4.41. The first-order chi connectivity index (χ1) is 11.7. The van der Waals surface area contributed by atoms with Gasteiger partial charge < -0.3 is 20.2 Å². The summed E-state index contributed by atoms with van der Waals surface area (Å²) in [6.45, 7) is 0.433. The Labute approximate surface area is 143 Å². The second-order valence-electron chi connectivity index (χ2n) is 5.37. The number of nitrogens with one attached hydrogen (secondary N) is 2. The van der Waals surface area contributed by atoms with Gasteiger partial charge in [-0.1, -0.05) is 30.3 Å². The number of benzene rings is 1. The Balaban J connectivity index is 1.63. The summed E-state index contributed by atoms with van der Waals surface area (Å²) in [5.41, 5.74) is 0.297. The van der Waals surface area contributed by atoms with E-state index in [1.165, 1.54) is 17.6 Å². The summed E-state index contributed by atoms with van der Waals surface area (Å²) in [6, 6.07) is 14.5. The van der Waals surface area contributed by atoms with E-state index >= 15 is 0 Å². The number of furan rings is 1. The topological polar surface area (TPSA) is 74.5 Å². The van der Waals surface area contributed by atoms with Gasteiger partial charge in [-0.15, -0.1) is 0 Å². The minimum Gasteiger partial charge on any atom is -0.466 e. The molecule has 3 aromatic rings. The number of hydrogen-bond donors (Lipinski definition) is 3. The zero-order valence-electron chi connectivity index (χ0n) is 12.9. The molecular formula is C18H18N2O3S. The fourth-order valence-corrected chi connectivity index (χ4v) is 3.12. The molecule has 2 amide bonds. The average molecular weight is 342 g/mol. The van der Waals surface area contributed by atoms with E-state index in [0.717, 1.165) is 5.56 Å². The molecule has 0 aliphatic rings. The maximum Gasteiger partial charge on any atom is 0.315 e. The van der Waals surface area contributed by atoms with Crippen LogP contribution in [0.5, 0.6) is 0 Å². The molecule has 6 heteroatoms. The van der Waals surface area contributed by atoms with Gasteiger partial charge in [0.2, 0.25) is 0 Å². The highest BCUT2D eigenvalue weighted by molar-refractivity contribution is 7.08. The van der Waals surface area contributed by atoms with E-state index in [1.54, 1.807) is 12.1 Å². The molecule has 1 atom stereocenters. The molecule has 3 N–H and O–H groups in total. The van der Waals surface area contributed by atoms with Gasteiger partial charge in [-0.2, -0.15) is 11.3 Å². The smallest absolute Gasteiger partial charge is 0.315 e. The van der Waals surface area contributed by atoms with Crippen LogP contribution in [0.25, 0.3) is 0 Å². The van der Waals surface area contributed by atoms with Gasteiger partial charge in [-0.05, 0) is 34.5 Å². The first-order valence-corrected chi connectivity index (χ1v) is 8.47. The third-order valence-electron chi connectivity index (χ3n) is 3.73. The summed E-state index contributed by atoms with van der Waals surface area (Å²) in [5, 5.41) is 20.2. The molecule has 0 radical (unpaired) electrons. The van der Waals surface area contributed by atoms with E-state index in [1.807, 2.05) is 47.2 Å². The van der Waals surface area contributed by atoms with Gasteiger partial charge in [0.05, 0.1) is 12.8 Å². The second kappa shape index (κ2) is 7.33. The van der Waals surface area contributed by atoms with Gasteiger partial charge in [0, 0.05) is 12.1 Å². The third kappa shape index (κ3) is 3.67. The summed E-state index contributed by atoms with van der Waals surface area (Å²) in [4.78, 5) is 12.0. The maximum atomic E-state index is 12.0. The van der Waals surface area contributed by atoms with Gasteiger partial charge in [-0.25, -0.2) is 4.79 Å². The van der Waals surface area contributed by atoms with Crippen molar-refractivity contribution in [3.63, 3.8) is 0 Å². The molecule has 5 nitrogen and oxygen atoms in total. The predicted octanol–water partition coefficient (Wildman–Crippen LogP) is 3.08. The molecule has 124 valence electrons. The maximum absolute atomic E-state index is 12.0. The molecule has 24 heavy (non-hydrogen) atoms. The largest absolute Gasteiger partial charge is 0.466 e. The standard InChI is InChI=1S/C18H18N2O3S/c21-17(19-11-14-5-2-1-3-6-14)20-13-18(22,15-8-10-24-12-15)16-7-4-9-23-16/h1-10,12,22H,11,13H2,(H2,19,20,21). The number of rotatable bonds is 6. The Hall–Kier alpha value is -2.57. The molecule has 0 bridgehead atoms. The number of carbonyl (C=O) groups excluding carboxylic acids is 1. The highest BCUT2D eigenvalue weighted by Gasteiger charge is 2.35. The Morgan fingerprint density at radius 3 is 2.62 bits per heavy atom. The number of amides is 2. The molecule has 3 rings (SSSR count). The van der Waals surface area contributed by atoms with Gasteiger partial charge in [0.25, 0.3) is 0 Å². The molecule has 0 aliphatic heterocycles. The molecule has 0 saturated heterocycles. The summed E-state index contributed by atoms with van der Waals surface area (Å²) in [6.07, 6.45) is 1.50. The predicted molar refractivity (Wildman–Crippen MR) is 92.7 cm³/mol. The molecule has 0 saturated carbocycles. The number of aliphatic hydroxyl groups is 1. The van der Waals surface area contributed by atoms with E-state index in [2.05, 4.69) is 10.6 Å². The van der Waals surface area contributed by atoms with Crippen molar-refractivity contribution in [3.8, 4) is 0 Å². The normalized spacial score (nSPS) is 13.2. The van der Waals surface area contributed by atoms with Crippen LogP contribution in [0.3, 0.4) is 0 Å². The van der Waals surface area contributed by atoms with Crippen molar-refractivity contribution >= 4 is 17.4 Å². The Kier molecular flexibility index (Phi) is 4.98. The van der Waals surface area contributed by atoms with Crippen molar-refractivity contribution in [2.75, 3.05) is 6.54 Å². The summed E-state index contributed by atoms with van der Waals surface area (Å²) < 4.78 is 5.37. The highest BCUT2D eigenvalue weighted by Crippen LogP contribution is 2.30. The zero-order chi connectivity index (χ0) is 16.8. The summed E-state index contributed by atoms with van der Waals surface area (Å²) in [5.74, 6) is 0.393. The minimum absolute atomic E-state index is 0.0118. The lowest BCUT2D eigenvalue weighted by molar-refractivity contribution is 0.0591. The number of urea groups is 1. The van der Waals surface area contributed by atoms with Crippen molar-refractivity contribution in [3.05, 3.63) is 82.4 Å². The van der Waals surface area contributed by atoms with Crippen molar-refractivity contribution in [1.82, 2.24) is 10.6 Å². The van der Waals surface area contributed by atoms with E-state index in [9.17, 15) is 9.90 Å². The fraction of sp³-hybridized carbons (Fsp3) is 0.167. The lowest BCUT2D eigenvalue weighted by Crippen LogP contribution is -2.45. The van der Waals surface area contributed by atoms with Crippen molar-refractivity contribution in [2.24, 2.45) is 0 Å². The molecule has 1 unspecified atom stereocenters. The first-order valence-electron chi connectivity index (χ1n) is 7.53. The van der Waals surface area contributed by atoms with Crippen LogP contribution >= 0.6 is 11.3 Å². The fourth-order valence-electron chi connectivity index (χ4n) is 2.39. The molecule has 1 aromatic carbocycles. The van der Waals surface area contributed by atoms with Crippen molar-refractivity contribution in [1.29, 1.82) is 0 Å². The van der Waals surface area contributed by atoms with Crippen LogP contribution in [0.15, 0.2) is 70.0 Å². The van der Waals surface area contributed by atoms with Crippen molar-refractivity contribution in [2.45, 2.75) is 12.1 Å². The van der Waals surface area contributed by atoms with Crippen LogP contribution in [-0.4, -0.2) is 17.7 Å². The quantitative estimate of drug-likeness (QED) is 0.644. The number of thiophene rings is 1. The molecule has 2 heterocycles. The van der Waals surface area contributed by atoms with Gasteiger partial charge in [0.15, 0.2) is 5.60 Å². The molecule has 0 spiro atoms. The van der Waals surface area contributed by atoms with Crippen LogP contribution in [0, 0.1) is 0 Å². The Morgan fingerprint density at radius 1 is 1.12 bits per heavy atom. The molecule has 2 aromatic heterocycles. The monoisotopic (exact) mass is 342 g/mol. The SMILES string of the molecule is O=C(NCc1ccccc1)NCC(O)(c1ccsc1)c1ccco1. The number of hydrogen-bond acceptors (Lipinski definition) is 4. The minimum atomic E-state index is -1.40. The first kappa shape index (κ1) is 16.3. The van der Waals surface area contributed by atoms with E-state index in [-0.39, 0.29) is 12.6 Å². The van der Waals surface area contributed by atoms with E-state index in [4.69, 9.17) is 4.42 Å². The number of carbonyl (C=O) groups is 1. The molecular weight excluding hydrogens is 324 g/mol. The van der Waals surface area contributed by atoms with Crippen LogP contribution in [0.4, 0.5) is 4.79 Å². The highest BCUT2D eigenvalue weighted by atomic mass is 32.1. The Morgan fingerprint density at radius 2 is 1.96 bits per heavy atom. The summed E-state index contributed by atoms with van der Waals surface area (Å²) >= 11 is 1.48. The van der Waals surface area contributed by atoms with Gasteiger partial charge >= 0.3 is 6.03 Å². The zero-order valence-corrected chi connectivity index (χ0v) is 13.8.